The van der Waals surface area contributed by atoms with Crippen LogP contribution in [0.15, 0.2) is 18.2 Å². The van der Waals surface area contributed by atoms with E-state index in [-0.39, 0.29) is 12.2 Å². The average Bonchev–Trinajstić information content (AvgIpc) is 3.09. The zero-order chi connectivity index (χ0) is 13.3. The summed E-state index contributed by atoms with van der Waals surface area (Å²) in [5.74, 6) is -1.35. The normalized spacial score (nSPS) is 16.1. The van der Waals surface area contributed by atoms with Crippen LogP contribution in [-0.2, 0) is 0 Å². The number of hydrogen-bond donors (Lipinski definition) is 3. The Kier molecular flexibility index (Phi) is 2.92. The van der Waals surface area contributed by atoms with E-state index in [2.05, 4.69) is 5.32 Å². The molecule has 1 aliphatic rings. The molecule has 0 heterocycles. The maximum absolute atomic E-state index is 10.9. The molecule has 1 saturated carbocycles. The summed E-state index contributed by atoms with van der Waals surface area (Å²) in [6.45, 7) is -0.0492. The number of nitrogens with zero attached hydrogens (tertiary/aromatic N) is 1. The Hall–Kier alpha value is -2.15. The molecular formula is C11H12N2O5. The van der Waals surface area contributed by atoms with Crippen LogP contribution in [0.25, 0.3) is 0 Å². The van der Waals surface area contributed by atoms with Gasteiger partial charge in [-0.1, -0.05) is 0 Å². The summed E-state index contributed by atoms with van der Waals surface area (Å²) < 4.78 is 0. The highest BCUT2D eigenvalue weighted by Crippen LogP contribution is 2.38. The maximum atomic E-state index is 10.9. The SMILES string of the molecule is O=C(O)c1cc(NC2(CO)CC2)ccc1[N+](=O)[O-]. The molecule has 1 aliphatic carbocycles. The third-order valence-corrected chi connectivity index (χ3v) is 2.99. The smallest absolute Gasteiger partial charge is 0.342 e. The Bertz CT molecular complexity index is 510. The number of benzene rings is 1. The summed E-state index contributed by atoms with van der Waals surface area (Å²) in [6.07, 6.45) is 1.59. The lowest BCUT2D eigenvalue weighted by Gasteiger charge is -2.16. The number of aliphatic hydroxyl groups excluding tert-OH is 1. The minimum atomic E-state index is -1.35. The van der Waals surface area contributed by atoms with Crippen molar-refractivity contribution >= 4 is 17.3 Å². The minimum absolute atomic E-state index is 0.0492. The van der Waals surface area contributed by atoms with Crippen molar-refractivity contribution < 1.29 is 19.9 Å². The van der Waals surface area contributed by atoms with Gasteiger partial charge in [-0.25, -0.2) is 4.79 Å². The molecule has 0 radical (unpaired) electrons. The number of nitro groups is 1. The zero-order valence-electron chi connectivity index (χ0n) is 9.42. The first-order valence-corrected chi connectivity index (χ1v) is 5.38. The van der Waals surface area contributed by atoms with E-state index >= 15 is 0 Å². The van der Waals surface area contributed by atoms with Gasteiger partial charge in [0.25, 0.3) is 5.69 Å². The second-order valence-electron chi connectivity index (χ2n) is 4.36. The predicted molar refractivity (Wildman–Crippen MR) is 62.7 cm³/mol. The van der Waals surface area contributed by atoms with Crippen molar-refractivity contribution in [1.82, 2.24) is 0 Å². The number of carboxylic acids is 1. The van der Waals surface area contributed by atoms with Crippen LogP contribution in [0.5, 0.6) is 0 Å². The van der Waals surface area contributed by atoms with Crippen LogP contribution in [-0.4, -0.2) is 33.3 Å². The van der Waals surface area contributed by atoms with Crippen molar-refractivity contribution in [3.63, 3.8) is 0 Å². The molecule has 2 rings (SSSR count). The summed E-state index contributed by atoms with van der Waals surface area (Å²) in [7, 11) is 0. The van der Waals surface area contributed by atoms with Crippen LogP contribution < -0.4 is 5.32 Å². The molecule has 7 nitrogen and oxygen atoms in total. The lowest BCUT2D eigenvalue weighted by Crippen LogP contribution is -2.25. The van der Waals surface area contributed by atoms with E-state index in [0.29, 0.717) is 5.69 Å². The molecule has 0 unspecified atom stereocenters. The van der Waals surface area contributed by atoms with Gasteiger partial charge in [0.05, 0.1) is 17.1 Å². The van der Waals surface area contributed by atoms with Gasteiger partial charge in [-0.2, -0.15) is 0 Å². The molecule has 0 amide bonds. The molecule has 96 valence electrons. The average molecular weight is 252 g/mol. The summed E-state index contributed by atoms with van der Waals surface area (Å²) in [5.41, 5.74) is -0.739. The Labute approximate surface area is 102 Å². The molecule has 1 aromatic carbocycles. The second kappa shape index (κ2) is 4.26. The van der Waals surface area contributed by atoms with Gasteiger partial charge in [0.2, 0.25) is 0 Å². The number of carbonyl (C=O) groups is 1. The van der Waals surface area contributed by atoms with Gasteiger partial charge < -0.3 is 15.5 Å². The van der Waals surface area contributed by atoms with Gasteiger partial charge in [-0.05, 0) is 25.0 Å². The van der Waals surface area contributed by atoms with Crippen LogP contribution in [0.2, 0.25) is 0 Å². The number of hydrogen-bond acceptors (Lipinski definition) is 5. The van der Waals surface area contributed by atoms with Gasteiger partial charge >= 0.3 is 5.97 Å². The van der Waals surface area contributed by atoms with Crippen molar-refractivity contribution in [2.75, 3.05) is 11.9 Å². The number of nitro benzene ring substituents is 1. The van der Waals surface area contributed by atoms with E-state index in [0.717, 1.165) is 18.9 Å². The first kappa shape index (κ1) is 12.3. The van der Waals surface area contributed by atoms with Crippen molar-refractivity contribution in [3.8, 4) is 0 Å². The second-order valence-corrected chi connectivity index (χ2v) is 4.36. The van der Waals surface area contributed by atoms with Gasteiger partial charge in [-0.15, -0.1) is 0 Å². The molecule has 7 heteroatoms. The topological polar surface area (TPSA) is 113 Å². The number of nitrogens with one attached hydrogen (secondary N) is 1. The number of carboxylic acid groups (broad SMARTS) is 1. The zero-order valence-corrected chi connectivity index (χ0v) is 9.42. The number of aromatic carboxylic acids is 1. The maximum Gasteiger partial charge on any atom is 0.342 e. The van der Waals surface area contributed by atoms with Crippen LogP contribution >= 0.6 is 0 Å². The first-order valence-electron chi connectivity index (χ1n) is 5.38. The molecular weight excluding hydrogens is 240 g/mol. The molecule has 0 bridgehead atoms. The van der Waals surface area contributed by atoms with Crippen LogP contribution in [0.1, 0.15) is 23.2 Å². The van der Waals surface area contributed by atoms with Crippen LogP contribution in [0, 0.1) is 10.1 Å². The molecule has 1 aromatic rings. The molecule has 18 heavy (non-hydrogen) atoms. The molecule has 0 saturated heterocycles. The molecule has 1 fully saturated rings. The molecule has 0 atom stereocenters. The van der Waals surface area contributed by atoms with E-state index in [1.54, 1.807) is 0 Å². The van der Waals surface area contributed by atoms with Crippen LogP contribution in [0.3, 0.4) is 0 Å². The Morgan fingerprint density at radius 3 is 2.61 bits per heavy atom. The number of aliphatic hydroxyl groups is 1. The first-order chi connectivity index (χ1) is 8.47. The number of anilines is 1. The molecule has 0 aromatic heterocycles. The van der Waals surface area contributed by atoms with E-state index in [4.69, 9.17) is 10.2 Å². The fraction of sp³-hybridized carbons (Fsp3) is 0.364. The van der Waals surface area contributed by atoms with Crippen molar-refractivity contribution in [2.45, 2.75) is 18.4 Å². The fourth-order valence-electron chi connectivity index (χ4n) is 1.72. The van der Waals surface area contributed by atoms with E-state index in [1.807, 2.05) is 0 Å². The lowest BCUT2D eigenvalue weighted by atomic mass is 10.1. The van der Waals surface area contributed by atoms with E-state index < -0.39 is 22.1 Å². The highest BCUT2D eigenvalue weighted by molar-refractivity contribution is 5.93. The van der Waals surface area contributed by atoms with Crippen molar-refractivity contribution in [1.29, 1.82) is 0 Å². The van der Waals surface area contributed by atoms with Gasteiger partial charge in [0, 0.05) is 11.8 Å². The monoisotopic (exact) mass is 252 g/mol. The Morgan fingerprint density at radius 2 is 2.17 bits per heavy atom. The molecule has 0 aliphatic heterocycles. The van der Waals surface area contributed by atoms with Gasteiger partial charge in [-0.3, -0.25) is 10.1 Å². The summed E-state index contributed by atoms with van der Waals surface area (Å²) in [6, 6.07) is 3.82. The molecule has 0 spiro atoms. The minimum Gasteiger partial charge on any atom is -0.477 e. The van der Waals surface area contributed by atoms with Gasteiger partial charge in [0.15, 0.2) is 0 Å². The Balaban J connectivity index is 2.31. The third-order valence-electron chi connectivity index (χ3n) is 2.99. The summed E-state index contributed by atoms with van der Waals surface area (Å²) in [4.78, 5) is 20.9. The quantitative estimate of drug-likeness (QED) is 0.536. The lowest BCUT2D eigenvalue weighted by molar-refractivity contribution is -0.385. The van der Waals surface area contributed by atoms with Crippen LogP contribution in [0.4, 0.5) is 11.4 Å². The van der Waals surface area contributed by atoms with E-state index in [9.17, 15) is 14.9 Å². The standard InChI is InChI=1S/C11H12N2O5/c14-6-11(3-4-11)12-7-1-2-9(13(17)18)8(5-7)10(15)16/h1-2,5,12,14H,3-4,6H2,(H,15,16). The Morgan fingerprint density at radius 1 is 1.50 bits per heavy atom. The summed E-state index contributed by atoms with van der Waals surface area (Å²) >= 11 is 0. The highest BCUT2D eigenvalue weighted by Gasteiger charge is 2.42. The molecule has 3 N–H and O–H groups in total. The van der Waals surface area contributed by atoms with Gasteiger partial charge in [0.1, 0.15) is 5.56 Å². The number of rotatable bonds is 5. The summed E-state index contributed by atoms with van der Waals surface area (Å²) in [5, 5.41) is 31.8. The fourth-order valence-corrected chi connectivity index (χ4v) is 1.72. The highest BCUT2D eigenvalue weighted by atomic mass is 16.6. The van der Waals surface area contributed by atoms with E-state index in [1.165, 1.54) is 12.1 Å². The predicted octanol–water partition coefficient (Wildman–Crippen LogP) is 1.23. The largest absolute Gasteiger partial charge is 0.477 e. The van der Waals surface area contributed by atoms with Crippen molar-refractivity contribution in [3.05, 3.63) is 33.9 Å². The van der Waals surface area contributed by atoms with Crippen molar-refractivity contribution in [2.24, 2.45) is 0 Å². The third kappa shape index (κ3) is 2.25.